The first kappa shape index (κ1) is 16.6. The molecule has 2 saturated carbocycles. The van der Waals surface area contributed by atoms with Crippen LogP contribution < -0.4 is 10.5 Å². The molecule has 5 heteroatoms. The lowest BCUT2D eigenvalue weighted by atomic mass is 9.48. The van der Waals surface area contributed by atoms with E-state index in [1.54, 1.807) is 7.11 Å². The minimum Gasteiger partial charge on any atom is -0.504 e. The van der Waals surface area contributed by atoms with Crippen LogP contribution in [0.1, 0.15) is 49.7 Å². The highest BCUT2D eigenvalue weighted by Crippen LogP contribution is 2.59. The number of fused-ring (bicyclic) bond motifs is 1. The second-order valence-electron chi connectivity index (χ2n) is 8.90. The van der Waals surface area contributed by atoms with Crippen LogP contribution in [0.25, 0.3) is 0 Å². The van der Waals surface area contributed by atoms with Crippen molar-refractivity contribution in [2.24, 2.45) is 11.7 Å². The minimum absolute atomic E-state index is 0.198. The van der Waals surface area contributed by atoms with Gasteiger partial charge in [-0.2, -0.15) is 0 Å². The number of hydrogen-bond acceptors (Lipinski definition) is 5. The molecule has 5 nitrogen and oxygen atoms in total. The lowest BCUT2D eigenvalue weighted by Crippen LogP contribution is -2.77. The highest BCUT2D eigenvalue weighted by Gasteiger charge is 2.64. The molecule has 1 aromatic rings. The van der Waals surface area contributed by atoms with E-state index >= 15 is 0 Å². The summed E-state index contributed by atoms with van der Waals surface area (Å²) < 4.78 is 5.38. The number of aromatic hydroxyl groups is 1. The van der Waals surface area contributed by atoms with Crippen LogP contribution >= 0.6 is 0 Å². The molecular formula is C21H28N2O3. The normalized spacial score (nSPS) is 36.4. The van der Waals surface area contributed by atoms with E-state index in [9.17, 15) is 9.90 Å². The van der Waals surface area contributed by atoms with E-state index in [0.29, 0.717) is 25.0 Å². The first-order valence-corrected chi connectivity index (χ1v) is 9.92. The quantitative estimate of drug-likeness (QED) is 0.868. The Morgan fingerprint density at radius 3 is 2.88 bits per heavy atom. The maximum absolute atomic E-state index is 12.5. The Bertz CT molecular complexity index is 775. The topological polar surface area (TPSA) is 75.8 Å². The number of hydrogen-bond donors (Lipinski definition) is 2. The van der Waals surface area contributed by atoms with Gasteiger partial charge in [0.05, 0.1) is 7.11 Å². The smallest absolute Gasteiger partial charge is 0.161 e. The number of nitrogens with zero attached hydrogens (tertiary/aromatic N) is 1. The fourth-order valence-corrected chi connectivity index (χ4v) is 6.10. The Hall–Kier alpha value is -1.59. The summed E-state index contributed by atoms with van der Waals surface area (Å²) in [6, 6.07) is 4.17. The molecule has 3 aliphatic carbocycles. The third kappa shape index (κ3) is 2.07. The molecule has 0 amide bonds. The number of methoxy groups -OCH3 is 1. The van der Waals surface area contributed by atoms with Gasteiger partial charge >= 0.3 is 0 Å². The standard InChI is InChI=1S/C21H28N2O3/c1-26-16-5-4-14-10-17-21(22)7-6-15(24)11-20(21,18(14)19(16)25)8-9-23(17)12-13-2-3-13/h4-5,13,17,25H,2-3,6-12,22H2,1H3/t17-,20-,21-/m1/s1. The van der Waals surface area contributed by atoms with Crippen LogP contribution in [0.3, 0.4) is 0 Å². The number of benzene rings is 1. The molecule has 0 aromatic heterocycles. The number of rotatable bonds is 3. The monoisotopic (exact) mass is 356 g/mol. The Kier molecular flexibility index (Phi) is 3.48. The Morgan fingerprint density at radius 1 is 1.35 bits per heavy atom. The third-order valence-corrected chi connectivity index (χ3v) is 7.60. The van der Waals surface area contributed by atoms with E-state index in [1.165, 1.54) is 12.8 Å². The largest absolute Gasteiger partial charge is 0.504 e. The van der Waals surface area contributed by atoms with Crippen molar-refractivity contribution >= 4 is 5.78 Å². The Morgan fingerprint density at radius 2 is 2.15 bits per heavy atom. The zero-order valence-electron chi connectivity index (χ0n) is 15.5. The first-order valence-electron chi connectivity index (χ1n) is 9.92. The Labute approximate surface area is 154 Å². The van der Waals surface area contributed by atoms with Crippen molar-refractivity contribution in [1.82, 2.24) is 4.90 Å². The van der Waals surface area contributed by atoms with Crippen molar-refractivity contribution < 1.29 is 14.6 Å². The van der Waals surface area contributed by atoms with Crippen LogP contribution in [-0.2, 0) is 16.6 Å². The van der Waals surface area contributed by atoms with Gasteiger partial charge in [0, 0.05) is 41.9 Å². The summed E-state index contributed by atoms with van der Waals surface area (Å²) >= 11 is 0. The molecule has 0 unspecified atom stereocenters. The van der Waals surface area contributed by atoms with E-state index in [4.69, 9.17) is 10.5 Å². The van der Waals surface area contributed by atoms with Gasteiger partial charge in [0.1, 0.15) is 5.78 Å². The lowest BCUT2D eigenvalue weighted by molar-refractivity contribution is -0.129. The predicted octanol–water partition coefficient (Wildman–Crippen LogP) is 2.13. The number of carbonyl (C=O) groups excluding carboxylic acids is 1. The number of carbonyl (C=O) groups is 1. The Balaban J connectivity index is 1.68. The summed E-state index contributed by atoms with van der Waals surface area (Å²) in [5.74, 6) is 1.78. The van der Waals surface area contributed by atoms with Crippen molar-refractivity contribution in [3.8, 4) is 11.5 Å². The van der Waals surface area contributed by atoms with Gasteiger partial charge in [0.2, 0.25) is 0 Å². The van der Waals surface area contributed by atoms with E-state index in [1.807, 2.05) is 6.07 Å². The van der Waals surface area contributed by atoms with Crippen LogP contribution in [0.15, 0.2) is 12.1 Å². The molecule has 1 saturated heterocycles. The molecule has 26 heavy (non-hydrogen) atoms. The van der Waals surface area contributed by atoms with Crippen molar-refractivity contribution in [3.05, 3.63) is 23.3 Å². The zero-order chi connectivity index (χ0) is 18.1. The van der Waals surface area contributed by atoms with Crippen molar-refractivity contribution in [1.29, 1.82) is 0 Å². The second kappa shape index (κ2) is 5.46. The number of ether oxygens (including phenoxy) is 1. The highest BCUT2D eigenvalue weighted by atomic mass is 16.5. The molecule has 0 radical (unpaired) electrons. The van der Waals surface area contributed by atoms with Gasteiger partial charge in [-0.25, -0.2) is 0 Å². The molecule has 1 heterocycles. The second-order valence-corrected chi connectivity index (χ2v) is 8.90. The van der Waals surface area contributed by atoms with Crippen LogP contribution in [0, 0.1) is 5.92 Å². The first-order chi connectivity index (χ1) is 12.5. The average molecular weight is 356 g/mol. The van der Waals surface area contributed by atoms with Crippen molar-refractivity contribution in [3.63, 3.8) is 0 Å². The molecule has 3 atom stereocenters. The number of phenols is 1. The van der Waals surface area contributed by atoms with Crippen LogP contribution in [0.4, 0.5) is 0 Å². The van der Waals surface area contributed by atoms with Gasteiger partial charge in [-0.05, 0) is 56.2 Å². The van der Waals surface area contributed by atoms with E-state index < -0.39 is 11.0 Å². The molecule has 140 valence electrons. The summed E-state index contributed by atoms with van der Waals surface area (Å²) in [6.07, 6.45) is 6.08. The fraction of sp³-hybridized carbons (Fsp3) is 0.667. The molecule has 3 fully saturated rings. The van der Waals surface area contributed by atoms with E-state index in [2.05, 4.69) is 11.0 Å². The van der Waals surface area contributed by atoms with Crippen LogP contribution in [-0.4, -0.2) is 47.6 Å². The number of likely N-dealkylation sites (tertiary alicyclic amines) is 1. The molecule has 4 aliphatic rings. The molecule has 1 aromatic carbocycles. The maximum atomic E-state index is 12.5. The summed E-state index contributed by atoms with van der Waals surface area (Å²) in [4.78, 5) is 15.1. The van der Waals surface area contributed by atoms with Gasteiger partial charge in [-0.15, -0.1) is 0 Å². The summed E-state index contributed by atoms with van der Waals surface area (Å²) in [6.45, 7) is 2.09. The molecular weight excluding hydrogens is 328 g/mol. The molecule has 1 aliphatic heterocycles. The van der Waals surface area contributed by atoms with Gasteiger partial charge in [0.25, 0.3) is 0 Å². The number of Topliss-reactive ketones (excluding diaryl/α,β-unsaturated/α-hetero) is 1. The molecule has 3 N–H and O–H groups in total. The number of ketones is 1. The van der Waals surface area contributed by atoms with Crippen LogP contribution in [0.2, 0.25) is 0 Å². The third-order valence-electron chi connectivity index (χ3n) is 7.60. The lowest BCUT2D eigenvalue weighted by Gasteiger charge is -2.64. The summed E-state index contributed by atoms with van der Waals surface area (Å²) in [5.41, 5.74) is 8.31. The average Bonchev–Trinajstić information content (AvgIpc) is 3.42. The minimum atomic E-state index is -0.459. The summed E-state index contributed by atoms with van der Waals surface area (Å²) in [7, 11) is 1.57. The maximum Gasteiger partial charge on any atom is 0.161 e. The van der Waals surface area contributed by atoms with E-state index in [0.717, 1.165) is 43.0 Å². The van der Waals surface area contributed by atoms with Gasteiger partial charge < -0.3 is 15.6 Å². The fourth-order valence-electron chi connectivity index (χ4n) is 6.10. The van der Waals surface area contributed by atoms with Crippen LogP contribution in [0.5, 0.6) is 11.5 Å². The molecule has 2 bridgehead atoms. The number of piperidine rings is 1. The SMILES string of the molecule is COc1ccc2c(c1O)[C@]13CCN(CC4CC4)[C@H](C2)[C@]1(N)CCC(=O)C3. The summed E-state index contributed by atoms with van der Waals surface area (Å²) in [5, 5.41) is 11.0. The number of phenolic OH excluding ortho intramolecular Hbond substituents is 1. The predicted molar refractivity (Wildman–Crippen MR) is 98.5 cm³/mol. The molecule has 5 rings (SSSR count). The highest BCUT2D eigenvalue weighted by molar-refractivity contribution is 5.83. The van der Waals surface area contributed by atoms with Gasteiger partial charge in [-0.1, -0.05) is 6.07 Å². The van der Waals surface area contributed by atoms with Crippen molar-refractivity contribution in [2.45, 2.75) is 61.9 Å². The van der Waals surface area contributed by atoms with E-state index in [-0.39, 0.29) is 17.6 Å². The van der Waals surface area contributed by atoms with Gasteiger partial charge in [0.15, 0.2) is 11.5 Å². The van der Waals surface area contributed by atoms with Gasteiger partial charge in [-0.3, -0.25) is 9.69 Å². The number of nitrogens with two attached hydrogens (primary N) is 1. The van der Waals surface area contributed by atoms with Crippen molar-refractivity contribution in [2.75, 3.05) is 20.2 Å². The zero-order valence-corrected chi connectivity index (χ0v) is 15.5. The molecule has 0 spiro atoms.